The molecule has 0 N–H and O–H groups in total. The molecule has 0 saturated heterocycles. The first-order valence-corrected chi connectivity index (χ1v) is 3.96. The lowest BCUT2D eigenvalue weighted by atomic mass is 10.0. The topological polar surface area (TPSA) is 12.2 Å². The van der Waals surface area contributed by atoms with Crippen molar-refractivity contribution in [2.45, 2.75) is 0 Å². The number of hydrogen-bond acceptors (Lipinski definition) is 1. The van der Waals surface area contributed by atoms with Crippen molar-refractivity contribution in [3.05, 3.63) is 29.8 Å². The second kappa shape index (κ2) is 2.55. The molecule has 0 saturated carbocycles. The fourth-order valence-electron chi connectivity index (χ4n) is 1.24. The third kappa shape index (κ3) is 1.30. The van der Waals surface area contributed by atoms with Crippen molar-refractivity contribution in [1.29, 1.82) is 0 Å². The van der Waals surface area contributed by atoms with E-state index in [1.54, 1.807) is 18.2 Å². The predicted octanol–water partition coefficient (Wildman–Crippen LogP) is 1.51. The number of para-hydroxylation sites is 1. The Balaban J connectivity index is 2.53. The summed E-state index contributed by atoms with van der Waals surface area (Å²) >= 11 is 0. The zero-order valence-electron chi connectivity index (χ0n) is 7.08. The Labute approximate surface area is 74.5 Å². The van der Waals surface area contributed by atoms with Gasteiger partial charge in [-0.3, -0.25) is 0 Å². The molecule has 0 aliphatic carbocycles. The summed E-state index contributed by atoms with van der Waals surface area (Å²) in [6.45, 7) is 0. The maximum absolute atomic E-state index is 13.0. The van der Waals surface area contributed by atoms with Crippen LogP contribution in [0.4, 0.5) is 8.63 Å². The van der Waals surface area contributed by atoms with Crippen LogP contribution in [0.2, 0.25) is 0 Å². The van der Waals surface area contributed by atoms with Crippen molar-refractivity contribution < 1.29 is 17.8 Å². The molecule has 0 radical (unpaired) electrons. The summed E-state index contributed by atoms with van der Waals surface area (Å²) in [5.41, 5.74) is 0.679. The number of nitrogens with zero attached hydrogens (tertiary/aromatic N) is 1. The van der Waals surface area contributed by atoms with Crippen molar-refractivity contribution in [3.8, 4) is 5.75 Å². The fraction of sp³-hybridized carbons (Fsp3) is 0.125. The molecular formula is C8H8BF2NO. The van der Waals surface area contributed by atoms with E-state index in [0.29, 0.717) is 5.56 Å². The van der Waals surface area contributed by atoms with Gasteiger partial charge in [0.2, 0.25) is 0 Å². The van der Waals surface area contributed by atoms with Gasteiger partial charge in [0.25, 0.3) is 0 Å². The molecule has 0 fully saturated rings. The first-order valence-electron chi connectivity index (χ1n) is 3.96. The van der Waals surface area contributed by atoms with Crippen LogP contribution in [-0.4, -0.2) is 24.8 Å². The minimum absolute atomic E-state index is 0.241. The van der Waals surface area contributed by atoms with Crippen molar-refractivity contribution >= 4 is 13.3 Å². The van der Waals surface area contributed by atoms with Crippen LogP contribution in [-0.2, 0) is 0 Å². The third-order valence-electron chi connectivity index (χ3n) is 2.00. The molecule has 68 valence electrons. The summed E-state index contributed by atoms with van der Waals surface area (Å²) in [5.74, 6) is 0.241. The van der Waals surface area contributed by atoms with Crippen LogP contribution in [0.5, 0.6) is 5.75 Å². The average molecular weight is 183 g/mol. The van der Waals surface area contributed by atoms with Gasteiger partial charge in [0, 0.05) is 0 Å². The molecule has 2 rings (SSSR count). The number of hydrogen-bond donors (Lipinski definition) is 0. The molecule has 0 unspecified atom stereocenters. The molecule has 1 aliphatic rings. The maximum Gasteiger partial charge on any atom is 0.828 e. The summed E-state index contributed by atoms with van der Waals surface area (Å²) in [7, 11) is -2.58. The number of fused-ring (bicyclic) bond motifs is 1. The fourth-order valence-corrected chi connectivity index (χ4v) is 1.24. The Hall–Kier alpha value is -1.39. The summed E-state index contributed by atoms with van der Waals surface area (Å²) < 4.78 is 31.4. The van der Waals surface area contributed by atoms with E-state index >= 15 is 0 Å². The molecule has 2 nitrogen and oxygen atoms in total. The van der Waals surface area contributed by atoms with Crippen LogP contribution < -0.4 is 4.65 Å². The van der Waals surface area contributed by atoms with Crippen LogP contribution in [0.3, 0.4) is 0 Å². The predicted molar refractivity (Wildman–Crippen MR) is 46.4 cm³/mol. The van der Waals surface area contributed by atoms with Gasteiger partial charge in [-0.25, -0.2) is 0 Å². The minimum Gasteiger partial charge on any atom is -0.599 e. The van der Waals surface area contributed by atoms with Crippen LogP contribution in [0.15, 0.2) is 24.3 Å². The Morgan fingerprint density at radius 2 is 2.00 bits per heavy atom. The van der Waals surface area contributed by atoms with Crippen LogP contribution in [0.1, 0.15) is 5.56 Å². The zero-order chi connectivity index (χ0) is 9.47. The van der Waals surface area contributed by atoms with Gasteiger partial charge < -0.3 is 17.8 Å². The molecule has 13 heavy (non-hydrogen) atoms. The Morgan fingerprint density at radius 3 is 2.77 bits per heavy atom. The maximum atomic E-state index is 13.0. The van der Waals surface area contributed by atoms with E-state index in [0.717, 1.165) is 4.49 Å². The molecule has 0 bridgehead atoms. The highest BCUT2D eigenvalue weighted by atomic mass is 19.3. The number of halogens is 2. The van der Waals surface area contributed by atoms with Gasteiger partial charge >= 0.3 is 7.04 Å². The Bertz CT molecular complexity index is 378. The van der Waals surface area contributed by atoms with E-state index in [2.05, 4.69) is 4.65 Å². The largest absolute Gasteiger partial charge is 0.828 e. The number of benzene rings is 1. The first kappa shape index (κ1) is 8.22. The molecule has 1 aromatic carbocycles. The van der Waals surface area contributed by atoms with E-state index in [-0.39, 0.29) is 5.75 Å². The molecule has 0 amide bonds. The lowest BCUT2D eigenvalue weighted by Gasteiger charge is -2.26. The molecule has 1 heterocycles. The van der Waals surface area contributed by atoms with Gasteiger partial charge in [0.05, 0.1) is 18.4 Å². The Kier molecular flexibility index (Phi) is 1.61. The molecule has 0 atom stereocenters. The molecule has 0 aromatic heterocycles. The van der Waals surface area contributed by atoms with Crippen molar-refractivity contribution in [3.63, 3.8) is 0 Å². The zero-order valence-corrected chi connectivity index (χ0v) is 7.08. The smallest absolute Gasteiger partial charge is 0.599 e. The van der Waals surface area contributed by atoms with Gasteiger partial charge in [-0.2, -0.15) is 0 Å². The van der Waals surface area contributed by atoms with Gasteiger partial charge in [0.1, 0.15) is 6.21 Å². The summed E-state index contributed by atoms with van der Waals surface area (Å²) in [6, 6.07) is 6.72. The van der Waals surface area contributed by atoms with E-state index < -0.39 is 7.04 Å². The van der Waals surface area contributed by atoms with E-state index in [1.165, 1.54) is 19.3 Å². The van der Waals surface area contributed by atoms with Gasteiger partial charge in [-0.05, 0) is 12.1 Å². The molecule has 1 aromatic rings. The minimum atomic E-state index is -3.88. The van der Waals surface area contributed by atoms with Gasteiger partial charge in [0.15, 0.2) is 0 Å². The molecule has 0 spiro atoms. The lowest BCUT2D eigenvalue weighted by Crippen LogP contribution is -2.46. The molecular weight excluding hydrogens is 175 g/mol. The van der Waals surface area contributed by atoms with Crippen molar-refractivity contribution in [2.24, 2.45) is 0 Å². The van der Waals surface area contributed by atoms with E-state index in [9.17, 15) is 8.63 Å². The SMILES string of the molecule is C[N+]1=Cc2ccccc2O[B-]1(F)F. The van der Waals surface area contributed by atoms with Crippen LogP contribution in [0.25, 0.3) is 0 Å². The quantitative estimate of drug-likeness (QED) is 0.555. The highest BCUT2D eigenvalue weighted by Crippen LogP contribution is 2.25. The monoisotopic (exact) mass is 183 g/mol. The first-order chi connectivity index (χ1) is 6.09. The van der Waals surface area contributed by atoms with Crippen LogP contribution >= 0.6 is 0 Å². The normalized spacial score (nSPS) is 18.5. The molecule has 1 aliphatic heterocycles. The summed E-state index contributed by atoms with van der Waals surface area (Å²) in [6.07, 6.45) is 1.39. The van der Waals surface area contributed by atoms with Gasteiger partial charge in [-0.1, -0.05) is 12.1 Å². The second-order valence-electron chi connectivity index (χ2n) is 3.01. The van der Waals surface area contributed by atoms with E-state index in [1.807, 2.05) is 0 Å². The second-order valence-corrected chi connectivity index (χ2v) is 3.01. The van der Waals surface area contributed by atoms with Gasteiger partial charge in [-0.15, -0.1) is 0 Å². The lowest BCUT2D eigenvalue weighted by molar-refractivity contribution is -0.401. The third-order valence-corrected chi connectivity index (χ3v) is 2.00. The molecule has 5 heteroatoms. The highest BCUT2D eigenvalue weighted by Gasteiger charge is 2.46. The standard InChI is InChI=1S/C8H8BF2NO/c1-12-6-7-4-2-3-5-8(7)13-9(12,10)11/h2-6H,1H3. The highest BCUT2D eigenvalue weighted by molar-refractivity contribution is 6.52. The number of rotatable bonds is 0. The van der Waals surface area contributed by atoms with Crippen LogP contribution in [0, 0.1) is 0 Å². The summed E-state index contributed by atoms with van der Waals surface area (Å²) in [4.78, 5) is 0. The van der Waals surface area contributed by atoms with Crippen molar-refractivity contribution in [1.82, 2.24) is 0 Å². The van der Waals surface area contributed by atoms with E-state index in [4.69, 9.17) is 0 Å². The summed E-state index contributed by atoms with van der Waals surface area (Å²) in [5, 5.41) is 0. The average Bonchev–Trinajstić information content (AvgIpc) is 2.06. The Morgan fingerprint density at radius 1 is 1.31 bits per heavy atom. The van der Waals surface area contributed by atoms with Crippen molar-refractivity contribution in [2.75, 3.05) is 7.05 Å².